The molecule has 0 radical (unpaired) electrons. The Hall–Kier alpha value is -1.61. The van der Waals surface area contributed by atoms with Crippen molar-refractivity contribution in [2.75, 3.05) is 0 Å². The van der Waals surface area contributed by atoms with Crippen LogP contribution in [0.3, 0.4) is 0 Å². The van der Waals surface area contributed by atoms with Gasteiger partial charge in [0.1, 0.15) is 5.82 Å². The molecule has 18 heavy (non-hydrogen) atoms. The van der Waals surface area contributed by atoms with E-state index in [-0.39, 0.29) is 6.04 Å². The first kappa shape index (κ1) is 11.5. The molecule has 1 aromatic carbocycles. The monoisotopic (exact) mass is 241 g/mol. The van der Waals surface area contributed by atoms with Gasteiger partial charge in [-0.3, -0.25) is 0 Å². The van der Waals surface area contributed by atoms with Crippen LogP contribution in [0.1, 0.15) is 23.4 Å². The second kappa shape index (κ2) is 4.25. The van der Waals surface area contributed by atoms with Crippen molar-refractivity contribution in [2.24, 2.45) is 5.73 Å². The van der Waals surface area contributed by atoms with E-state index in [1.54, 1.807) is 0 Å². The second-order valence-corrected chi connectivity index (χ2v) is 5.29. The van der Waals surface area contributed by atoms with E-state index in [2.05, 4.69) is 42.8 Å². The fourth-order valence-electron chi connectivity index (χ4n) is 2.51. The number of rotatable bonds is 1. The number of nitrogens with two attached hydrogens (primary N) is 1. The van der Waals surface area contributed by atoms with Crippen LogP contribution >= 0.6 is 0 Å². The molecule has 0 saturated carbocycles. The number of aromatic nitrogens is 2. The molecular formula is C15H19N3. The third-order valence-corrected chi connectivity index (χ3v) is 3.83. The molecule has 2 N–H and O–H groups in total. The van der Waals surface area contributed by atoms with Crippen molar-refractivity contribution in [1.82, 2.24) is 9.55 Å². The van der Waals surface area contributed by atoms with E-state index in [4.69, 9.17) is 10.7 Å². The van der Waals surface area contributed by atoms with Gasteiger partial charge in [-0.25, -0.2) is 4.98 Å². The van der Waals surface area contributed by atoms with E-state index < -0.39 is 0 Å². The van der Waals surface area contributed by atoms with Crippen molar-refractivity contribution in [3.8, 4) is 11.3 Å². The maximum absolute atomic E-state index is 5.99. The minimum absolute atomic E-state index is 0.277. The second-order valence-electron chi connectivity index (χ2n) is 5.29. The van der Waals surface area contributed by atoms with Crippen LogP contribution in [0.5, 0.6) is 0 Å². The maximum atomic E-state index is 5.99. The van der Waals surface area contributed by atoms with Gasteiger partial charge in [0.15, 0.2) is 0 Å². The molecule has 1 aliphatic heterocycles. The third-order valence-electron chi connectivity index (χ3n) is 3.83. The highest BCUT2D eigenvalue weighted by molar-refractivity contribution is 5.60. The first-order valence-corrected chi connectivity index (χ1v) is 6.53. The zero-order valence-electron chi connectivity index (χ0n) is 11.0. The molecular weight excluding hydrogens is 222 g/mol. The molecule has 1 aromatic heterocycles. The third kappa shape index (κ3) is 1.95. The molecule has 94 valence electrons. The lowest BCUT2D eigenvalue weighted by Crippen LogP contribution is -2.31. The minimum Gasteiger partial charge on any atom is -0.333 e. The van der Waals surface area contributed by atoms with Crippen LogP contribution in [-0.4, -0.2) is 15.6 Å². The highest BCUT2D eigenvalue weighted by Crippen LogP contribution is 2.24. The van der Waals surface area contributed by atoms with E-state index in [0.717, 1.165) is 25.1 Å². The summed E-state index contributed by atoms with van der Waals surface area (Å²) in [6.45, 7) is 5.17. The van der Waals surface area contributed by atoms with Gasteiger partial charge in [-0.05, 0) is 37.5 Å². The minimum atomic E-state index is 0.277. The first-order chi connectivity index (χ1) is 8.63. The van der Waals surface area contributed by atoms with Crippen molar-refractivity contribution in [2.45, 2.75) is 39.3 Å². The molecule has 1 unspecified atom stereocenters. The zero-order valence-corrected chi connectivity index (χ0v) is 11.0. The lowest BCUT2D eigenvalue weighted by atomic mass is 10.0. The fraction of sp³-hybridized carbons (Fsp3) is 0.400. The molecule has 3 heteroatoms. The van der Waals surface area contributed by atoms with Gasteiger partial charge in [-0.1, -0.05) is 12.1 Å². The predicted octanol–water partition coefficient (Wildman–Crippen LogP) is 2.44. The number of aryl methyl sites for hydroxylation is 3. The van der Waals surface area contributed by atoms with Gasteiger partial charge in [-0.15, -0.1) is 0 Å². The molecule has 0 spiro atoms. The lowest BCUT2D eigenvalue weighted by Gasteiger charge is -2.19. The van der Waals surface area contributed by atoms with Gasteiger partial charge < -0.3 is 10.3 Å². The summed E-state index contributed by atoms with van der Waals surface area (Å²) in [5.74, 6) is 1.17. The van der Waals surface area contributed by atoms with Gasteiger partial charge in [0.05, 0.1) is 5.69 Å². The van der Waals surface area contributed by atoms with Gasteiger partial charge in [0.2, 0.25) is 0 Å². The first-order valence-electron chi connectivity index (χ1n) is 6.53. The Balaban J connectivity index is 2.00. The molecule has 3 rings (SSSR count). The van der Waals surface area contributed by atoms with E-state index in [9.17, 15) is 0 Å². The molecule has 0 fully saturated rings. The van der Waals surface area contributed by atoms with E-state index >= 15 is 0 Å². The average molecular weight is 241 g/mol. The summed E-state index contributed by atoms with van der Waals surface area (Å²) >= 11 is 0. The van der Waals surface area contributed by atoms with Crippen LogP contribution in [-0.2, 0) is 13.0 Å². The highest BCUT2D eigenvalue weighted by atomic mass is 15.1. The Morgan fingerprint density at radius 2 is 2.11 bits per heavy atom. The van der Waals surface area contributed by atoms with Crippen LogP contribution in [0.2, 0.25) is 0 Å². The van der Waals surface area contributed by atoms with Gasteiger partial charge in [0, 0.05) is 30.8 Å². The average Bonchev–Trinajstić information content (AvgIpc) is 2.75. The number of fused-ring (bicyclic) bond motifs is 1. The highest BCUT2D eigenvalue weighted by Gasteiger charge is 2.17. The summed E-state index contributed by atoms with van der Waals surface area (Å²) in [5.41, 5.74) is 10.9. The summed E-state index contributed by atoms with van der Waals surface area (Å²) < 4.78 is 2.21. The standard InChI is InChI=1S/C15H19N3/c1-10-3-4-12(7-11(10)2)14-9-18-8-13(16)5-6-15(18)17-14/h3-4,7,9,13H,5-6,8,16H2,1-2H3. The summed E-state index contributed by atoms with van der Waals surface area (Å²) in [6, 6.07) is 6.80. The van der Waals surface area contributed by atoms with Crippen molar-refractivity contribution in [1.29, 1.82) is 0 Å². The van der Waals surface area contributed by atoms with Crippen LogP contribution in [0, 0.1) is 13.8 Å². The maximum Gasteiger partial charge on any atom is 0.109 e. The Labute approximate surface area is 108 Å². The van der Waals surface area contributed by atoms with Gasteiger partial charge >= 0.3 is 0 Å². The van der Waals surface area contributed by atoms with Crippen molar-refractivity contribution < 1.29 is 0 Å². The van der Waals surface area contributed by atoms with Crippen LogP contribution in [0.25, 0.3) is 11.3 Å². The summed E-state index contributed by atoms with van der Waals surface area (Å²) in [7, 11) is 0. The molecule has 1 atom stereocenters. The summed E-state index contributed by atoms with van der Waals surface area (Å²) in [4.78, 5) is 4.73. The smallest absolute Gasteiger partial charge is 0.109 e. The lowest BCUT2D eigenvalue weighted by molar-refractivity contribution is 0.453. The van der Waals surface area contributed by atoms with Crippen LogP contribution in [0.15, 0.2) is 24.4 Å². The number of imidazole rings is 1. The number of nitrogens with zero attached hydrogens (tertiary/aromatic N) is 2. The Bertz CT molecular complexity index is 583. The molecule has 0 saturated heterocycles. The predicted molar refractivity (Wildman–Crippen MR) is 73.4 cm³/mol. The number of hydrogen-bond donors (Lipinski definition) is 1. The SMILES string of the molecule is Cc1ccc(-c2cn3c(n2)CCC(N)C3)cc1C. The zero-order chi connectivity index (χ0) is 12.7. The number of benzene rings is 1. The summed E-state index contributed by atoms with van der Waals surface area (Å²) in [6.07, 6.45) is 4.17. The molecule has 0 bridgehead atoms. The molecule has 0 aliphatic carbocycles. The Kier molecular flexibility index (Phi) is 2.71. The van der Waals surface area contributed by atoms with E-state index in [0.29, 0.717) is 0 Å². The van der Waals surface area contributed by atoms with Gasteiger partial charge in [0.25, 0.3) is 0 Å². The largest absolute Gasteiger partial charge is 0.333 e. The number of hydrogen-bond acceptors (Lipinski definition) is 2. The molecule has 0 amide bonds. The molecule has 2 heterocycles. The van der Waals surface area contributed by atoms with Gasteiger partial charge in [-0.2, -0.15) is 0 Å². The quantitative estimate of drug-likeness (QED) is 0.833. The van der Waals surface area contributed by atoms with Crippen molar-refractivity contribution in [3.05, 3.63) is 41.3 Å². The Morgan fingerprint density at radius 1 is 1.28 bits per heavy atom. The fourth-order valence-corrected chi connectivity index (χ4v) is 2.51. The Morgan fingerprint density at radius 3 is 2.89 bits per heavy atom. The van der Waals surface area contributed by atoms with E-state index in [1.165, 1.54) is 22.5 Å². The summed E-state index contributed by atoms with van der Waals surface area (Å²) in [5, 5.41) is 0. The van der Waals surface area contributed by atoms with Crippen LogP contribution in [0.4, 0.5) is 0 Å². The van der Waals surface area contributed by atoms with Crippen LogP contribution < -0.4 is 5.73 Å². The molecule has 3 nitrogen and oxygen atoms in total. The molecule has 1 aliphatic rings. The topological polar surface area (TPSA) is 43.8 Å². The van der Waals surface area contributed by atoms with Crippen molar-refractivity contribution in [3.63, 3.8) is 0 Å². The van der Waals surface area contributed by atoms with Crippen molar-refractivity contribution >= 4 is 0 Å². The molecule has 2 aromatic rings. The van der Waals surface area contributed by atoms with E-state index in [1.807, 2.05) is 0 Å². The normalized spacial score (nSPS) is 18.7.